The summed E-state index contributed by atoms with van der Waals surface area (Å²) in [5.41, 5.74) is -0.125. The monoisotopic (exact) mass is 236 g/mol. The molecule has 0 aliphatic carbocycles. The summed E-state index contributed by atoms with van der Waals surface area (Å²) in [6.45, 7) is 6.58. The molecule has 0 spiro atoms. The lowest BCUT2D eigenvalue weighted by atomic mass is 9.74. The molecule has 17 heavy (non-hydrogen) atoms. The van der Waals surface area contributed by atoms with E-state index in [0.717, 1.165) is 45.2 Å². The lowest BCUT2D eigenvalue weighted by Crippen LogP contribution is -2.47. The van der Waals surface area contributed by atoms with Crippen LogP contribution in [0.1, 0.15) is 46.0 Å². The summed E-state index contributed by atoms with van der Waals surface area (Å²) in [6.07, 6.45) is 4.75. The van der Waals surface area contributed by atoms with E-state index in [1.54, 1.807) is 0 Å². The van der Waals surface area contributed by atoms with Crippen molar-refractivity contribution in [1.82, 2.24) is 10.6 Å². The van der Waals surface area contributed by atoms with Gasteiger partial charge in [0.1, 0.15) is 0 Å². The molecule has 1 amide bonds. The molecule has 1 aliphatic rings. The van der Waals surface area contributed by atoms with Crippen LogP contribution in [0.4, 0.5) is 0 Å². The summed E-state index contributed by atoms with van der Waals surface area (Å²) in [5.74, 6) is 6.05. The number of hydrogen-bond donors (Lipinski definition) is 2. The van der Waals surface area contributed by atoms with Gasteiger partial charge < -0.3 is 10.6 Å². The average Bonchev–Trinajstić information content (AvgIpc) is 2.36. The zero-order chi connectivity index (χ0) is 12.6. The Morgan fingerprint density at radius 2 is 2.12 bits per heavy atom. The molecule has 1 saturated heterocycles. The highest BCUT2D eigenvalue weighted by Gasteiger charge is 2.38. The van der Waals surface area contributed by atoms with Crippen molar-refractivity contribution in [2.24, 2.45) is 5.41 Å². The minimum Gasteiger partial charge on any atom is -0.355 e. The Morgan fingerprint density at radius 1 is 1.41 bits per heavy atom. The first-order chi connectivity index (χ1) is 8.25. The number of nitrogens with one attached hydrogen (secondary N) is 2. The molecular weight excluding hydrogens is 212 g/mol. The zero-order valence-electron chi connectivity index (χ0n) is 11.1. The molecule has 0 unspecified atom stereocenters. The fraction of sp³-hybridized carbons (Fsp3) is 0.786. The van der Waals surface area contributed by atoms with E-state index >= 15 is 0 Å². The van der Waals surface area contributed by atoms with Gasteiger partial charge in [-0.1, -0.05) is 13.3 Å². The van der Waals surface area contributed by atoms with Crippen molar-refractivity contribution in [3.05, 3.63) is 0 Å². The third-order valence-corrected chi connectivity index (χ3v) is 3.48. The van der Waals surface area contributed by atoms with Crippen LogP contribution in [0, 0.1) is 17.3 Å². The topological polar surface area (TPSA) is 41.1 Å². The molecule has 0 aromatic carbocycles. The molecule has 0 radical (unpaired) electrons. The molecule has 0 aromatic rings. The third-order valence-electron chi connectivity index (χ3n) is 3.48. The zero-order valence-corrected chi connectivity index (χ0v) is 11.1. The summed E-state index contributed by atoms with van der Waals surface area (Å²) >= 11 is 0. The standard InChI is InChI=1S/C14H24N2O/c1-3-5-6-10-16-13(17)14(7-4-2)8-11-15-12-9-14/h15H,4,6-12H2,1-2H3,(H,16,17). The highest BCUT2D eigenvalue weighted by molar-refractivity contribution is 5.82. The van der Waals surface area contributed by atoms with Crippen molar-refractivity contribution in [3.8, 4) is 11.8 Å². The van der Waals surface area contributed by atoms with E-state index in [2.05, 4.69) is 29.4 Å². The Balaban J connectivity index is 2.49. The molecule has 2 N–H and O–H groups in total. The highest BCUT2D eigenvalue weighted by atomic mass is 16.2. The van der Waals surface area contributed by atoms with Crippen molar-refractivity contribution in [3.63, 3.8) is 0 Å². The first kappa shape index (κ1) is 14.1. The Morgan fingerprint density at radius 3 is 2.71 bits per heavy atom. The molecule has 0 atom stereocenters. The number of piperidine rings is 1. The first-order valence-electron chi connectivity index (χ1n) is 6.64. The molecule has 96 valence electrons. The third kappa shape index (κ3) is 4.05. The summed E-state index contributed by atoms with van der Waals surface area (Å²) in [7, 11) is 0. The minimum absolute atomic E-state index is 0.125. The van der Waals surface area contributed by atoms with Gasteiger partial charge in [0.05, 0.1) is 5.41 Å². The van der Waals surface area contributed by atoms with E-state index in [1.165, 1.54) is 0 Å². The van der Waals surface area contributed by atoms with Crippen molar-refractivity contribution >= 4 is 5.91 Å². The van der Waals surface area contributed by atoms with Crippen LogP contribution in [0.2, 0.25) is 0 Å². The van der Waals surface area contributed by atoms with Crippen LogP contribution in [-0.4, -0.2) is 25.5 Å². The predicted octanol–water partition coefficient (Wildman–Crippen LogP) is 1.69. The molecular formula is C14H24N2O. The summed E-state index contributed by atoms with van der Waals surface area (Å²) < 4.78 is 0. The maximum atomic E-state index is 12.3. The van der Waals surface area contributed by atoms with Gasteiger partial charge in [-0.25, -0.2) is 0 Å². The maximum absolute atomic E-state index is 12.3. The molecule has 0 aromatic heterocycles. The molecule has 1 rings (SSSR count). The van der Waals surface area contributed by atoms with Gasteiger partial charge in [0.15, 0.2) is 0 Å². The largest absolute Gasteiger partial charge is 0.355 e. The van der Waals surface area contributed by atoms with E-state index in [0.29, 0.717) is 6.54 Å². The van der Waals surface area contributed by atoms with E-state index in [9.17, 15) is 4.79 Å². The smallest absolute Gasteiger partial charge is 0.226 e. The molecule has 3 nitrogen and oxygen atoms in total. The van der Waals surface area contributed by atoms with Crippen molar-refractivity contribution in [1.29, 1.82) is 0 Å². The quantitative estimate of drug-likeness (QED) is 0.563. The van der Waals surface area contributed by atoms with Gasteiger partial charge in [-0.3, -0.25) is 4.79 Å². The van der Waals surface area contributed by atoms with Crippen molar-refractivity contribution < 1.29 is 4.79 Å². The summed E-state index contributed by atoms with van der Waals surface area (Å²) in [5, 5.41) is 6.37. The number of carbonyl (C=O) groups is 1. The van der Waals surface area contributed by atoms with E-state index in [-0.39, 0.29) is 11.3 Å². The maximum Gasteiger partial charge on any atom is 0.226 e. The van der Waals surface area contributed by atoms with Gasteiger partial charge in [-0.05, 0) is 39.3 Å². The summed E-state index contributed by atoms with van der Waals surface area (Å²) in [6, 6.07) is 0. The van der Waals surface area contributed by atoms with Crippen LogP contribution in [0.5, 0.6) is 0 Å². The highest BCUT2D eigenvalue weighted by Crippen LogP contribution is 2.34. The normalized spacial score (nSPS) is 18.0. The molecule has 1 fully saturated rings. The van der Waals surface area contributed by atoms with Crippen molar-refractivity contribution in [2.75, 3.05) is 19.6 Å². The second kappa shape index (κ2) is 7.34. The van der Waals surface area contributed by atoms with Gasteiger partial charge in [-0.15, -0.1) is 11.8 Å². The molecule has 1 aliphatic heterocycles. The Kier molecular flexibility index (Phi) is 6.07. The van der Waals surface area contributed by atoms with Crippen LogP contribution in [-0.2, 0) is 4.79 Å². The number of rotatable bonds is 5. The van der Waals surface area contributed by atoms with E-state index < -0.39 is 0 Å². The fourth-order valence-corrected chi connectivity index (χ4v) is 2.53. The predicted molar refractivity (Wildman–Crippen MR) is 70.5 cm³/mol. The number of amides is 1. The van der Waals surface area contributed by atoms with E-state index in [4.69, 9.17) is 0 Å². The van der Waals surface area contributed by atoms with Gasteiger partial charge in [-0.2, -0.15) is 0 Å². The second-order valence-corrected chi connectivity index (χ2v) is 4.71. The number of carbonyl (C=O) groups excluding carboxylic acids is 1. The van der Waals surface area contributed by atoms with Crippen LogP contribution < -0.4 is 10.6 Å². The van der Waals surface area contributed by atoms with Gasteiger partial charge >= 0.3 is 0 Å². The van der Waals surface area contributed by atoms with Crippen LogP contribution in [0.15, 0.2) is 0 Å². The molecule has 3 heteroatoms. The minimum atomic E-state index is -0.125. The molecule has 0 saturated carbocycles. The first-order valence-corrected chi connectivity index (χ1v) is 6.64. The fourth-order valence-electron chi connectivity index (χ4n) is 2.53. The Labute approximate surface area is 105 Å². The molecule has 1 heterocycles. The number of hydrogen-bond acceptors (Lipinski definition) is 2. The van der Waals surface area contributed by atoms with Crippen LogP contribution >= 0.6 is 0 Å². The van der Waals surface area contributed by atoms with Crippen LogP contribution in [0.25, 0.3) is 0 Å². The SMILES string of the molecule is CC#CCCNC(=O)C1(CCC)CCNCC1. The lowest BCUT2D eigenvalue weighted by Gasteiger charge is -2.36. The van der Waals surface area contributed by atoms with Gasteiger partial charge in [0.2, 0.25) is 5.91 Å². The Bertz CT molecular complexity index is 290. The lowest BCUT2D eigenvalue weighted by molar-refractivity contribution is -0.133. The second-order valence-electron chi connectivity index (χ2n) is 4.71. The Hall–Kier alpha value is -1.01. The molecule has 0 bridgehead atoms. The van der Waals surface area contributed by atoms with Crippen molar-refractivity contribution in [2.45, 2.75) is 46.0 Å². The summed E-state index contributed by atoms with van der Waals surface area (Å²) in [4.78, 5) is 12.3. The average molecular weight is 236 g/mol. The van der Waals surface area contributed by atoms with Gasteiger partial charge in [0.25, 0.3) is 0 Å². The van der Waals surface area contributed by atoms with Gasteiger partial charge in [0, 0.05) is 13.0 Å². The van der Waals surface area contributed by atoms with Crippen LogP contribution in [0.3, 0.4) is 0 Å². The van der Waals surface area contributed by atoms with E-state index in [1.807, 2.05) is 6.92 Å².